The fraction of sp³-hybridized carbons (Fsp3) is 0.0714. The molecule has 0 spiro atoms. The van der Waals surface area contributed by atoms with E-state index in [1.54, 1.807) is 6.07 Å². The molecular weight excluding hydrogens is 327 g/mol. The first-order valence-corrected chi connectivity index (χ1v) is 6.16. The lowest BCUT2D eigenvalue weighted by atomic mass is 10.2. The van der Waals surface area contributed by atoms with Crippen LogP contribution in [0, 0.1) is 3.57 Å². The molecule has 0 aromatic heterocycles. The topological polar surface area (TPSA) is 26.3 Å². The second-order valence-corrected chi connectivity index (χ2v) is 4.29. The number of hydrogen-bond donors (Lipinski definition) is 0. The maximum atomic E-state index is 11.0. The summed E-state index contributed by atoms with van der Waals surface area (Å²) in [5.74, 6) is -0.282. The van der Waals surface area contributed by atoms with Crippen LogP contribution < -0.4 is 0 Å². The first kappa shape index (κ1) is 13.7. The standard InChI is InChI=1S/C8H7IO2.C6H6/c1-11-8(10)6-4-2-3-5-7(6)9;1-2-4-6-5-3-1/h2-5H,1H3;1-6H. The van der Waals surface area contributed by atoms with Gasteiger partial charge in [0.05, 0.1) is 12.7 Å². The molecule has 17 heavy (non-hydrogen) atoms. The van der Waals surface area contributed by atoms with Gasteiger partial charge in [-0.05, 0) is 34.7 Å². The largest absolute Gasteiger partial charge is 0.465 e. The molecule has 0 N–H and O–H groups in total. The predicted octanol–water partition coefficient (Wildman–Crippen LogP) is 3.76. The quantitative estimate of drug-likeness (QED) is 0.584. The van der Waals surface area contributed by atoms with Crippen LogP contribution in [0.2, 0.25) is 0 Å². The van der Waals surface area contributed by atoms with Crippen molar-refractivity contribution >= 4 is 28.6 Å². The zero-order chi connectivity index (χ0) is 12.5. The third-order valence-corrected chi connectivity index (χ3v) is 2.89. The molecule has 0 aliphatic carbocycles. The summed E-state index contributed by atoms with van der Waals surface area (Å²) in [5, 5.41) is 0. The highest BCUT2D eigenvalue weighted by atomic mass is 127. The normalized spacial score (nSPS) is 8.82. The summed E-state index contributed by atoms with van der Waals surface area (Å²) in [7, 11) is 1.38. The van der Waals surface area contributed by atoms with Gasteiger partial charge in [0.15, 0.2) is 0 Å². The molecule has 0 aliphatic heterocycles. The van der Waals surface area contributed by atoms with Gasteiger partial charge in [-0.15, -0.1) is 0 Å². The van der Waals surface area contributed by atoms with Gasteiger partial charge in [0.2, 0.25) is 0 Å². The third kappa shape index (κ3) is 4.99. The Kier molecular flexibility index (Phi) is 6.32. The molecule has 0 unspecified atom stereocenters. The highest BCUT2D eigenvalue weighted by molar-refractivity contribution is 14.1. The van der Waals surface area contributed by atoms with Crippen molar-refractivity contribution in [3.8, 4) is 0 Å². The van der Waals surface area contributed by atoms with Gasteiger partial charge in [-0.25, -0.2) is 4.79 Å². The molecule has 88 valence electrons. The summed E-state index contributed by atoms with van der Waals surface area (Å²) >= 11 is 2.10. The predicted molar refractivity (Wildman–Crippen MR) is 76.9 cm³/mol. The van der Waals surface area contributed by atoms with Crippen LogP contribution in [0.4, 0.5) is 0 Å². The summed E-state index contributed by atoms with van der Waals surface area (Å²) in [4.78, 5) is 11.0. The van der Waals surface area contributed by atoms with Crippen LogP contribution in [0.5, 0.6) is 0 Å². The molecule has 0 heterocycles. The van der Waals surface area contributed by atoms with E-state index in [1.807, 2.05) is 54.6 Å². The minimum atomic E-state index is -0.282. The monoisotopic (exact) mass is 340 g/mol. The zero-order valence-corrected chi connectivity index (χ0v) is 11.6. The summed E-state index contributed by atoms with van der Waals surface area (Å²) in [6.07, 6.45) is 0. The summed E-state index contributed by atoms with van der Waals surface area (Å²) in [5.41, 5.74) is 0.621. The Morgan fingerprint density at radius 1 is 0.941 bits per heavy atom. The zero-order valence-electron chi connectivity index (χ0n) is 9.47. The van der Waals surface area contributed by atoms with Crippen molar-refractivity contribution in [1.29, 1.82) is 0 Å². The summed E-state index contributed by atoms with van der Waals surface area (Å²) in [6.45, 7) is 0. The molecule has 0 atom stereocenters. The van der Waals surface area contributed by atoms with Crippen LogP contribution in [0.1, 0.15) is 10.4 Å². The lowest BCUT2D eigenvalue weighted by Gasteiger charge is -1.99. The van der Waals surface area contributed by atoms with Crippen LogP contribution in [-0.2, 0) is 4.74 Å². The van der Waals surface area contributed by atoms with Crippen molar-refractivity contribution in [2.75, 3.05) is 7.11 Å². The molecule has 2 nitrogen and oxygen atoms in total. The number of ether oxygens (including phenoxy) is 1. The molecule has 2 aromatic carbocycles. The van der Waals surface area contributed by atoms with Gasteiger partial charge in [0.1, 0.15) is 0 Å². The van der Waals surface area contributed by atoms with Crippen LogP contribution in [0.3, 0.4) is 0 Å². The number of methoxy groups -OCH3 is 1. The minimum absolute atomic E-state index is 0.282. The van der Waals surface area contributed by atoms with Crippen LogP contribution in [-0.4, -0.2) is 13.1 Å². The van der Waals surface area contributed by atoms with Crippen LogP contribution in [0.25, 0.3) is 0 Å². The Bertz CT molecular complexity index is 428. The van der Waals surface area contributed by atoms with Gasteiger partial charge in [-0.3, -0.25) is 0 Å². The number of hydrogen-bond acceptors (Lipinski definition) is 2. The van der Waals surface area contributed by atoms with E-state index in [4.69, 9.17) is 0 Å². The SMILES string of the molecule is COC(=O)c1ccccc1I.c1ccccc1. The van der Waals surface area contributed by atoms with Gasteiger partial charge >= 0.3 is 5.97 Å². The average Bonchev–Trinajstić information content (AvgIpc) is 2.41. The lowest BCUT2D eigenvalue weighted by molar-refractivity contribution is 0.0599. The average molecular weight is 340 g/mol. The van der Waals surface area contributed by atoms with Crippen molar-refractivity contribution in [2.45, 2.75) is 0 Å². The van der Waals surface area contributed by atoms with Crippen molar-refractivity contribution in [3.05, 3.63) is 69.8 Å². The summed E-state index contributed by atoms with van der Waals surface area (Å²) in [6, 6.07) is 19.3. The summed E-state index contributed by atoms with van der Waals surface area (Å²) < 4.78 is 5.49. The van der Waals surface area contributed by atoms with E-state index in [-0.39, 0.29) is 5.97 Å². The van der Waals surface area contributed by atoms with E-state index in [1.165, 1.54) is 7.11 Å². The van der Waals surface area contributed by atoms with Crippen molar-refractivity contribution in [1.82, 2.24) is 0 Å². The molecule has 2 aromatic rings. The third-order valence-electron chi connectivity index (χ3n) is 1.95. The molecule has 0 amide bonds. The fourth-order valence-corrected chi connectivity index (χ4v) is 1.73. The fourth-order valence-electron chi connectivity index (χ4n) is 1.12. The van der Waals surface area contributed by atoms with E-state index in [2.05, 4.69) is 27.3 Å². The maximum absolute atomic E-state index is 11.0. The van der Waals surface area contributed by atoms with E-state index < -0.39 is 0 Å². The molecule has 0 saturated carbocycles. The molecule has 0 bridgehead atoms. The Morgan fingerprint density at radius 3 is 1.82 bits per heavy atom. The lowest BCUT2D eigenvalue weighted by Crippen LogP contribution is -2.02. The molecule has 0 saturated heterocycles. The van der Waals surface area contributed by atoms with E-state index >= 15 is 0 Å². The first-order valence-electron chi connectivity index (χ1n) is 5.08. The van der Waals surface area contributed by atoms with E-state index in [9.17, 15) is 4.79 Å². The number of carbonyl (C=O) groups is 1. The minimum Gasteiger partial charge on any atom is -0.465 e. The second-order valence-electron chi connectivity index (χ2n) is 3.13. The molecule has 0 radical (unpaired) electrons. The van der Waals surface area contributed by atoms with E-state index in [0.29, 0.717) is 5.56 Å². The Hall–Kier alpha value is -1.36. The van der Waals surface area contributed by atoms with Crippen LogP contribution >= 0.6 is 22.6 Å². The van der Waals surface area contributed by atoms with Gasteiger partial charge in [0, 0.05) is 3.57 Å². The maximum Gasteiger partial charge on any atom is 0.338 e. The second kappa shape index (κ2) is 7.84. The molecule has 3 heteroatoms. The van der Waals surface area contributed by atoms with Gasteiger partial charge in [-0.2, -0.15) is 0 Å². The van der Waals surface area contributed by atoms with Crippen molar-refractivity contribution < 1.29 is 9.53 Å². The molecule has 0 fully saturated rings. The molecule has 0 aliphatic rings. The van der Waals surface area contributed by atoms with Crippen molar-refractivity contribution in [3.63, 3.8) is 0 Å². The Balaban J connectivity index is 0.000000202. The van der Waals surface area contributed by atoms with E-state index in [0.717, 1.165) is 3.57 Å². The number of carbonyl (C=O) groups excluding carboxylic acids is 1. The number of esters is 1. The van der Waals surface area contributed by atoms with Gasteiger partial charge in [0.25, 0.3) is 0 Å². The molecule has 2 rings (SSSR count). The van der Waals surface area contributed by atoms with Crippen molar-refractivity contribution in [2.24, 2.45) is 0 Å². The highest BCUT2D eigenvalue weighted by Crippen LogP contribution is 2.11. The number of rotatable bonds is 1. The Labute approximate surface area is 115 Å². The highest BCUT2D eigenvalue weighted by Gasteiger charge is 2.07. The Morgan fingerprint density at radius 2 is 1.41 bits per heavy atom. The van der Waals surface area contributed by atoms with Gasteiger partial charge < -0.3 is 4.74 Å². The number of benzene rings is 2. The first-order chi connectivity index (χ1) is 8.25. The molecular formula is C14H13IO2. The number of halogens is 1. The van der Waals surface area contributed by atoms with Crippen LogP contribution in [0.15, 0.2) is 60.7 Å². The van der Waals surface area contributed by atoms with Gasteiger partial charge in [-0.1, -0.05) is 48.5 Å². The smallest absolute Gasteiger partial charge is 0.338 e.